The Morgan fingerprint density at radius 3 is 0.764 bits per heavy atom. The lowest BCUT2D eigenvalue weighted by Gasteiger charge is -2.26. The molecule has 89 heavy (non-hydrogen) atoms. The van der Waals surface area contributed by atoms with E-state index in [0.717, 1.165) is 100 Å². The number of nitrogens with zero attached hydrogens (tertiary/aromatic N) is 1. The van der Waals surface area contributed by atoms with Crippen molar-refractivity contribution in [1.29, 1.82) is 0 Å². The summed E-state index contributed by atoms with van der Waals surface area (Å²) in [4.78, 5) is 33.9. The molecule has 448 valence electrons. The molecule has 0 amide bonds. The minimum Gasteiger partial charge on any atom is -0.307 e. The molecule has 3 heteroatoms. The van der Waals surface area contributed by atoms with Crippen molar-refractivity contribution in [2.24, 2.45) is 0 Å². The summed E-state index contributed by atoms with van der Waals surface area (Å²) < 4.78 is 2.28. The van der Waals surface area contributed by atoms with E-state index >= 15 is 9.59 Å². The average Bonchev–Trinajstić information content (AvgIpc) is 0.694. The highest BCUT2D eigenvalue weighted by molar-refractivity contribution is 6.23. The maximum absolute atomic E-state index is 17.0. The number of rotatable bonds is 7. The Labute approximate surface area is 528 Å². The summed E-state index contributed by atoms with van der Waals surface area (Å²) in [5, 5.41) is 2.25. The largest absolute Gasteiger partial charge is 0.307 e. The van der Waals surface area contributed by atoms with Crippen molar-refractivity contribution in [2.75, 3.05) is 0 Å². The van der Waals surface area contributed by atoms with E-state index in [1.54, 1.807) is 0 Å². The molecule has 0 saturated heterocycles. The van der Waals surface area contributed by atoms with Crippen molar-refractivity contribution < 1.29 is 0 Å². The van der Waals surface area contributed by atoms with E-state index in [1.807, 2.05) is 0 Å². The molecule has 0 bridgehead atoms. The van der Waals surface area contributed by atoms with Gasteiger partial charge in [0.05, 0.1) is 27.3 Å². The molecule has 2 heterocycles. The van der Waals surface area contributed by atoms with Crippen LogP contribution in [0.2, 0.25) is 0 Å². The van der Waals surface area contributed by atoms with Gasteiger partial charge in [-0.05, 0) is 193 Å². The van der Waals surface area contributed by atoms with Crippen LogP contribution >= 0.6 is 0 Å². The summed E-state index contributed by atoms with van der Waals surface area (Å²) in [6.45, 7) is 40.3. The van der Waals surface area contributed by atoms with E-state index in [2.05, 4.69) is 329 Å². The summed E-state index contributed by atoms with van der Waals surface area (Å²) in [5.41, 5.74) is 21.8. The second-order valence-corrected chi connectivity index (χ2v) is 31.5. The third kappa shape index (κ3) is 11.3. The highest BCUT2D eigenvalue weighted by Gasteiger charge is 2.32. The standard InChI is InChI=1S/C86H87NO2/c1-81(2,3)63-32-24-52(25-33-63)57-44-58(53-26-34-64(35-27-53)82(4,5)6)47-61(46-57)74-73(56-22-20-19-21-23-56)75(62-48-59(54-28-36-65(37-29-54)83(7,8)9)45-60(49-62)55-30-38-66(39-31-55)84(10,11)12)77-78-76(74)79(88)69-50-67(85(13,14)15)40-42-71(69)87(78)72-43-41-68(86(16,17)18)51-70(72)80(77)89/h19-51H,1-18H3. The van der Waals surface area contributed by atoms with Gasteiger partial charge in [0.1, 0.15) is 0 Å². The molecular formula is C86H87NO2. The molecule has 10 aromatic carbocycles. The van der Waals surface area contributed by atoms with Crippen LogP contribution in [0.1, 0.15) is 158 Å². The van der Waals surface area contributed by atoms with Crippen molar-refractivity contribution in [3.8, 4) is 77.9 Å². The van der Waals surface area contributed by atoms with Crippen LogP contribution < -0.4 is 10.9 Å². The summed E-state index contributed by atoms with van der Waals surface area (Å²) in [6.07, 6.45) is 0. The minimum atomic E-state index is -0.267. The number of hydrogen-bond donors (Lipinski definition) is 0. The van der Waals surface area contributed by atoms with Gasteiger partial charge in [0.15, 0.2) is 10.9 Å². The van der Waals surface area contributed by atoms with Gasteiger partial charge in [-0.25, -0.2) is 0 Å². The van der Waals surface area contributed by atoms with Crippen LogP contribution in [-0.4, -0.2) is 4.40 Å². The zero-order chi connectivity index (χ0) is 63.7. The minimum absolute atomic E-state index is 0.0458. The maximum atomic E-state index is 17.0. The molecule has 0 saturated carbocycles. The smallest absolute Gasteiger partial charge is 0.197 e. The van der Waals surface area contributed by atoms with E-state index in [9.17, 15) is 0 Å². The molecule has 0 unspecified atom stereocenters. The van der Waals surface area contributed by atoms with Gasteiger partial charge in [-0.15, -0.1) is 0 Å². The Morgan fingerprint density at radius 1 is 0.236 bits per heavy atom. The molecule has 12 aromatic rings. The zero-order valence-electron chi connectivity index (χ0n) is 55.8. The van der Waals surface area contributed by atoms with E-state index in [1.165, 1.54) is 22.3 Å². The molecule has 2 aromatic heterocycles. The van der Waals surface area contributed by atoms with Crippen molar-refractivity contribution in [3.63, 3.8) is 0 Å². The number of aromatic nitrogens is 1. The highest BCUT2D eigenvalue weighted by Crippen LogP contribution is 2.51. The van der Waals surface area contributed by atoms with Gasteiger partial charge in [-0.3, -0.25) is 9.59 Å². The Kier molecular flexibility index (Phi) is 14.7. The maximum Gasteiger partial charge on any atom is 0.197 e. The molecule has 0 N–H and O–H groups in total. The van der Waals surface area contributed by atoms with Crippen LogP contribution in [-0.2, 0) is 32.5 Å². The van der Waals surface area contributed by atoms with Gasteiger partial charge < -0.3 is 4.40 Å². The van der Waals surface area contributed by atoms with Gasteiger partial charge >= 0.3 is 0 Å². The van der Waals surface area contributed by atoms with Crippen LogP contribution in [0.15, 0.2) is 210 Å². The molecule has 0 aliphatic carbocycles. The summed E-state index contributed by atoms with van der Waals surface area (Å²) in [7, 11) is 0. The molecule has 0 aliphatic rings. The normalized spacial score (nSPS) is 12.9. The molecule has 3 nitrogen and oxygen atoms in total. The zero-order valence-corrected chi connectivity index (χ0v) is 55.8. The first-order valence-electron chi connectivity index (χ1n) is 32.0. The lowest BCUT2D eigenvalue weighted by Crippen LogP contribution is -2.19. The Balaban J connectivity index is 1.35. The molecule has 0 aliphatic heterocycles. The van der Waals surface area contributed by atoms with Crippen LogP contribution in [0.4, 0.5) is 0 Å². The molecule has 0 spiro atoms. The quantitative estimate of drug-likeness (QED) is 0.118. The van der Waals surface area contributed by atoms with Gasteiger partial charge in [0, 0.05) is 21.9 Å². The van der Waals surface area contributed by atoms with Crippen molar-refractivity contribution in [2.45, 2.75) is 157 Å². The fourth-order valence-corrected chi connectivity index (χ4v) is 13.1. The number of hydrogen-bond acceptors (Lipinski definition) is 2. The predicted molar refractivity (Wildman–Crippen MR) is 384 cm³/mol. The topological polar surface area (TPSA) is 38.5 Å². The van der Waals surface area contributed by atoms with Crippen LogP contribution in [0.25, 0.3) is 116 Å². The summed E-state index contributed by atoms with van der Waals surface area (Å²) in [5.74, 6) is 0. The molecule has 12 rings (SSSR count). The third-order valence-electron chi connectivity index (χ3n) is 18.7. The SMILES string of the molecule is CC(C)(C)c1ccc(-c2cc(-c3ccc(C(C)(C)C)cc3)cc(-c3c(-c4ccccc4)c(-c4cc(-c5ccc(C(C)(C)C)cc5)cc(-c5ccc(C(C)(C)C)cc5)c4)c4c(=O)c5cc(C(C)(C)C)ccc5n5c6ccc(C(C)(C)C)cc6c(=O)c3c45)c2)cc1. The second-order valence-electron chi connectivity index (χ2n) is 31.5. The fourth-order valence-electron chi connectivity index (χ4n) is 13.1. The number of pyridine rings is 2. The number of fused-ring (bicyclic) bond motifs is 4. The van der Waals surface area contributed by atoms with Gasteiger partial charge in [-0.2, -0.15) is 0 Å². The number of benzene rings is 10. The first kappa shape index (κ1) is 60.6. The lowest BCUT2D eigenvalue weighted by molar-refractivity contribution is 0.590. The lowest BCUT2D eigenvalue weighted by atomic mass is 9.79. The van der Waals surface area contributed by atoms with E-state index < -0.39 is 0 Å². The molecule has 0 atom stereocenters. The van der Waals surface area contributed by atoms with Crippen LogP contribution in [0.5, 0.6) is 0 Å². The van der Waals surface area contributed by atoms with Crippen LogP contribution in [0.3, 0.4) is 0 Å². The molecule has 0 radical (unpaired) electrons. The van der Waals surface area contributed by atoms with Gasteiger partial charge in [0.2, 0.25) is 0 Å². The van der Waals surface area contributed by atoms with E-state index in [4.69, 9.17) is 0 Å². The third-order valence-corrected chi connectivity index (χ3v) is 18.7. The Bertz CT molecular complexity index is 4400. The van der Waals surface area contributed by atoms with E-state index in [-0.39, 0.29) is 43.3 Å². The van der Waals surface area contributed by atoms with Crippen LogP contribution in [0, 0.1) is 0 Å². The summed E-state index contributed by atoms with van der Waals surface area (Å²) in [6, 6.07) is 73.3. The second kappa shape index (κ2) is 21.5. The summed E-state index contributed by atoms with van der Waals surface area (Å²) >= 11 is 0. The van der Waals surface area contributed by atoms with Gasteiger partial charge in [0.25, 0.3) is 0 Å². The average molecular weight is 1170 g/mol. The Morgan fingerprint density at radius 2 is 0.494 bits per heavy atom. The van der Waals surface area contributed by atoms with Crippen molar-refractivity contribution >= 4 is 38.1 Å². The first-order chi connectivity index (χ1) is 41.7. The fraction of sp³-hybridized carbons (Fsp3) is 0.279. The van der Waals surface area contributed by atoms with E-state index in [0.29, 0.717) is 27.1 Å². The predicted octanol–water partition coefficient (Wildman–Crippen LogP) is 23.0. The van der Waals surface area contributed by atoms with Crippen molar-refractivity contribution in [3.05, 3.63) is 254 Å². The van der Waals surface area contributed by atoms with Gasteiger partial charge in [-0.1, -0.05) is 264 Å². The van der Waals surface area contributed by atoms with Crippen molar-refractivity contribution in [1.82, 2.24) is 4.40 Å². The molecular weight excluding hydrogens is 1080 g/mol. The highest BCUT2D eigenvalue weighted by atomic mass is 16.1. The Hall–Kier alpha value is -8.66. The first-order valence-corrected chi connectivity index (χ1v) is 32.0. The molecule has 0 fully saturated rings. The monoisotopic (exact) mass is 1170 g/mol.